The van der Waals surface area contributed by atoms with E-state index in [-0.39, 0.29) is 5.41 Å². The average Bonchev–Trinajstić information content (AvgIpc) is 3.04. The molecule has 2 fully saturated rings. The van der Waals surface area contributed by atoms with Crippen molar-refractivity contribution in [1.29, 1.82) is 0 Å². The van der Waals surface area contributed by atoms with Crippen LogP contribution in [0.4, 0.5) is 5.69 Å². The third-order valence-electron chi connectivity index (χ3n) is 4.29. The molecular formula is C17H26N2. The quantitative estimate of drug-likeness (QED) is 0.895. The van der Waals surface area contributed by atoms with Crippen LogP contribution in [-0.4, -0.2) is 25.2 Å². The second-order valence-electron chi connectivity index (χ2n) is 7.14. The van der Waals surface area contributed by atoms with Gasteiger partial charge in [0.05, 0.1) is 0 Å². The Labute approximate surface area is 117 Å². The average molecular weight is 258 g/mol. The molecule has 1 aromatic rings. The van der Waals surface area contributed by atoms with Gasteiger partial charge in [0.2, 0.25) is 0 Å². The Morgan fingerprint density at radius 2 is 1.79 bits per heavy atom. The van der Waals surface area contributed by atoms with E-state index in [0.717, 1.165) is 6.04 Å². The lowest BCUT2D eigenvalue weighted by Crippen LogP contribution is -2.34. The van der Waals surface area contributed by atoms with Crippen LogP contribution in [0.5, 0.6) is 0 Å². The first kappa shape index (κ1) is 13.0. The van der Waals surface area contributed by atoms with Crippen LogP contribution in [0.1, 0.15) is 45.6 Å². The zero-order chi connectivity index (χ0) is 13.5. The smallest absolute Gasteiger partial charge is 0.0404 e. The number of nitrogens with zero attached hydrogens (tertiary/aromatic N) is 1. The van der Waals surface area contributed by atoms with Crippen LogP contribution in [-0.2, 0) is 5.41 Å². The predicted octanol–water partition coefficient (Wildman–Crippen LogP) is 3.31. The first-order chi connectivity index (χ1) is 9.04. The summed E-state index contributed by atoms with van der Waals surface area (Å²) in [4.78, 5) is 2.57. The molecule has 19 heavy (non-hydrogen) atoms. The van der Waals surface area contributed by atoms with Gasteiger partial charge in [-0.1, -0.05) is 39.0 Å². The monoisotopic (exact) mass is 258 g/mol. The van der Waals surface area contributed by atoms with E-state index in [2.05, 4.69) is 55.3 Å². The lowest BCUT2D eigenvalue weighted by Gasteiger charge is -2.28. The Hall–Kier alpha value is -1.02. The number of rotatable bonds is 3. The highest BCUT2D eigenvalue weighted by atomic mass is 15.2. The van der Waals surface area contributed by atoms with E-state index in [4.69, 9.17) is 0 Å². The van der Waals surface area contributed by atoms with E-state index >= 15 is 0 Å². The summed E-state index contributed by atoms with van der Waals surface area (Å²) in [6.45, 7) is 9.28. The van der Waals surface area contributed by atoms with Crippen molar-refractivity contribution in [2.24, 2.45) is 0 Å². The summed E-state index contributed by atoms with van der Waals surface area (Å²) < 4.78 is 0. The van der Waals surface area contributed by atoms with Gasteiger partial charge in [-0.2, -0.15) is 0 Å². The maximum Gasteiger partial charge on any atom is 0.0404 e. The van der Waals surface area contributed by atoms with Crippen LogP contribution >= 0.6 is 0 Å². The molecule has 1 atom stereocenters. The molecular weight excluding hydrogens is 232 g/mol. The molecule has 1 unspecified atom stereocenters. The number of anilines is 1. The summed E-state index contributed by atoms with van der Waals surface area (Å²) in [5.74, 6) is 0. The molecule has 0 bridgehead atoms. The molecule has 1 heterocycles. The first-order valence-electron chi connectivity index (χ1n) is 7.64. The fraction of sp³-hybridized carbons (Fsp3) is 0.647. The van der Waals surface area contributed by atoms with E-state index in [1.165, 1.54) is 43.6 Å². The van der Waals surface area contributed by atoms with Gasteiger partial charge in [0, 0.05) is 30.9 Å². The summed E-state index contributed by atoms with van der Waals surface area (Å²) in [5.41, 5.74) is 3.13. The van der Waals surface area contributed by atoms with Crippen molar-refractivity contribution in [2.45, 2.75) is 57.5 Å². The molecule has 1 saturated heterocycles. The Bertz CT molecular complexity index is 443. The van der Waals surface area contributed by atoms with Crippen molar-refractivity contribution in [3.63, 3.8) is 0 Å². The molecule has 2 aliphatic rings. The summed E-state index contributed by atoms with van der Waals surface area (Å²) in [6, 6.07) is 10.4. The standard InChI is InChI=1S/C17H26N2/c1-17(2,3)15-6-4-5-7-16(15)19-11-10-14(12-19)18-13-8-9-13/h4-7,13-14,18H,8-12H2,1-3H3. The van der Waals surface area contributed by atoms with Crippen molar-refractivity contribution < 1.29 is 0 Å². The molecule has 0 spiro atoms. The van der Waals surface area contributed by atoms with Crippen molar-refractivity contribution >= 4 is 5.69 Å². The highest BCUT2D eigenvalue weighted by Gasteiger charge is 2.30. The molecule has 0 radical (unpaired) electrons. The van der Waals surface area contributed by atoms with E-state index in [9.17, 15) is 0 Å². The topological polar surface area (TPSA) is 15.3 Å². The Morgan fingerprint density at radius 1 is 1.05 bits per heavy atom. The van der Waals surface area contributed by atoms with E-state index in [0.29, 0.717) is 6.04 Å². The fourth-order valence-electron chi connectivity index (χ4n) is 3.08. The molecule has 3 rings (SSSR count). The maximum atomic E-state index is 3.77. The number of para-hydroxylation sites is 1. The first-order valence-corrected chi connectivity index (χ1v) is 7.64. The van der Waals surface area contributed by atoms with Gasteiger partial charge < -0.3 is 10.2 Å². The van der Waals surface area contributed by atoms with Crippen molar-refractivity contribution in [3.05, 3.63) is 29.8 Å². The normalized spacial score (nSPS) is 23.9. The number of benzene rings is 1. The van der Waals surface area contributed by atoms with Crippen LogP contribution in [0, 0.1) is 0 Å². The van der Waals surface area contributed by atoms with Gasteiger partial charge in [0.1, 0.15) is 0 Å². The van der Waals surface area contributed by atoms with Gasteiger partial charge in [-0.3, -0.25) is 0 Å². The SMILES string of the molecule is CC(C)(C)c1ccccc1N1CCC(NC2CC2)C1. The number of hydrogen-bond donors (Lipinski definition) is 1. The molecule has 0 amide bonds. The summed E-state index contributed by atoms with van der Waals surface area (Å²) in [5, 5.41) is 3.77. The highest BCUT2D eigenvalue weighted by Crippen LogP contribution is 2.34. The van der Waals surface area contributed by atoms with Gasteiger partial charge in [0.15, 0.2) is 0 Å². The third kappa shape index (κ3) is 2.94. The van der Waals surface area contributed by atoms with Crippen LogP contribution < -0.4 is 10.2 Å². The molecule has 1 aliphatic carbocycles. The minimum absolute atomic E-state index is 0.221. The number of nitrogens with one attached hydrogen (secondary N) is 1. The van der Waals surface area contributed by atoms with Gasteiger partial charge in [-0.05, 0) is 36.3 Å². The molecule has 104 valence electrons. The molecule has 1 aromatic carbocycles. The Kier molecular flexibility index (Phi) is 3.30. The van der Waals surface area contributed by atoms with Gasteiger partial charge in [0.25, 0.3) is 0 Å². The summed E-state index contributed by atoms with van der Waals surface area (Å²) >= 11 is 0. The third-order valence-corrected chi connectivity index (χ3v) is 4.29. The van der Waals surface area contributed by atoms with Crippen molar-refractivity contribution in [1.82, 2.24) is 5.32 Å². The van der Waals surface area contributed by atoms with Crippen LogP contribution in [0.25, 0.3) is 0 Å². The Morgan fingerprint density at radius 3 is 2.47 bits per heavy atom. The lowest BCUT2D eigenvalue weighted by atomic mass is 9.85. The second kappa shape index (κ2) is 4.82. The molecule has 1 aliphatic heterocycles. The van der Waals surface area contributed by atoms with Crippen LogP contribution in [0.3, 0.4) is 0 Å². The zero-order valence-corrected chi connectivity index (χ0v) is 12.4. The predicted molar refractivity (Wildman–Crippen MR) is 81.9 cm³/mol. The van der Waals surface area contributed by atoms with Crippen molar-refractivity contribution in [3.8, 4) is 0 Å². The fourth-order valence-corrected chi connectivity index (χ4v) is 3.08. The van der Waals surface area contributed by atoms with Gasteiger partial charge in [-0.25, -0.2) is 0 Å². The van der Waals surface area contributed by atoms with Crippen molar-refractivity contribution in [2.75, 3.05) is 18.0 Å². The maximum absolute atomic E-state index is 3.77. The summed E-state index contributed by atoms with van der Waals surface area (Å²) in [7, 11) is 0. The van der Waals surface area contributed by atoms with E-state index < -0.39 is 0 Å². The van der Waals surface area contributed by atoms with E-state index in [1.54, 1.807) is 0 Å². The van der Waals surface area contributed by atoms with Crippen LogP contribution in [0.15, 0.2) is 24.3 Å². The second-order valence-corrected chi connectivity index (χ2v) is 7.14. The zero-order valence-electron chi connectivity index (χ0n) is 12.4. The lowest BCUT2D eigenvalue weighted by molar-refractivity contribution is 0.547. The Balaban J connectivity index is 1.75. The molecule has 0 aromatic heterocycles. The molecule has 1 N–H and O–H groups in total. The minimum atomic E-state index is 0.221. The van der Waals surface area contributed by atoms with E-state index in [1.807, 2.05) is 0 Å². The van der Waals surface area contributed by atoms with Crippen LogP contribution in [0.2, 0.25) is 0 Å². The highest BCUT2D eigenvalue weighted by molar-refractivity contribution is 5.57. The minimum Gasteiger partial charge on any atom is -0.370 e. The number of hydrogen-bond acceptors (Lipinski definition) is 2. The summed E-state index contributed by atoms with van der Waals surface area (Å²) in [6.07, 6.45) is 4.05. The van der Waals surface area contributed by atoms with Gasteiger partial charge in [-0.15, -0.1) is 0 Å². The largest absolute Gasteiger partial charge is 0.370 e. The molecule has 2 heteroatoms. The molecule has 2 nitrogen and oxygen atoms in total. The molecule has 1 saturated carbocycles. The van der Waals surface area contributed by atoms with Gasteiger partial charge >= 0.3 is 0 Å².